The lowest BCUT2D eigenvalue weighted by Crippen LogP contribution is -3.06. The summed E-state index contributed by atoms with van der Waals surface area (Å²) in [6, 6.07) is 13.9. The lowest BCUT2D eigenvalue weighted by atomic mass is 9.96. The molecule has 6 nitrogen and oxygen atoms in total. The number of hydrogen-bond donors (Lipinski definition) is 2. The molecule has 2 amide bonds. The van der Waals surface area contributed by atoms with Gasteiger partial charge in [-0.2, -0.15) is 0 Å². The third-order valence-corrected chi connectivity index (χ3v) is 4.88. The summed E-state index contributed by atoms with van der Waals surface area (Å²) in [7, 11) is 2.10. The van der Waals surface area contributed by atoms with E-state index in [1.165, 1.54) is 10.5 Å². The number of hydrogen-bond acceptors (Lipinski definition) is 3. The molecule has 1 aliphatic rings. The van der Waals surface area contributed by atoms with E-state index >= 15 is 0 Å². The lowest BCUT2D eigenvalue weighted by Gasteiger charge is -2.29. The maximum absolute atomic E-state index is 12.6. The molecule has 0 radical (unpaired) electrons. The smallest absolute Gasteiger partial charge is 0.289 e. The number of carbonyl (C=O) groups excluding carboxylic acids is 2. The summed E-state index contributed by atoms with van der Waals surface area (Å²) in [6.07, 6.45) is 1.25. The monoisotopic (exact) mass is 356 g/mol. The fourth-order valence-electron chi connectivity index (χ4n) is 3.42. The number of nitrogens with zero attached hydrogens (tertiary/aromatic N) is 1. The first-order chi connectivity index (χ1) is 12.5. The molecule has 3 rings (SSSR count). The first-order valence-electron chi connectivity index (χ1n) is 9.05. The van der Waals surface area contributed by atoms with Gasteiger partial charge in [0.25, 0.3) is 5.91 Å². The Morgan fingerprint density at radius 1 is 1.12 bits per heavy atom. The van der Waals surface area contributed by atoms with E-state index in [4.69, 9.17) is 10.2 Å². The standard InChI is InChI=1S/C20H25N3O3/c1-22(13-15-5-3-2-4-6-15)14-17-7-8-18(26-17)20(25)23-11-9-16(10-12-23)19(21)24/h2-8,16H,9-14H2,1H3,(H2,21,24)/p+1. The molecule has 3 N–H and O–H groups in total. The highest BCUT2D eigenvalue weighted by atomic mass is 16.4. The van der Waals surface area contributed by atoms with Crippen LogP contribution in [0.2, 0.25) is 0 Å². The number of nitrogens with one attached hydrogen (secondary N) is 1. The Labute approximate surface area is 153 Å². The van der Waals surface area contributed by atoms with E-state index < -0.39 is 0 Å². The second kappa shape index (κ2) is 8.19. The first-order valence-corrected chi connectivity index (χ1v) is 9.05. The number of likely N-dealkylation sites (tertiary alicyclic amines) is 1. The molecule has 1 aromatic heterocycles. The van der Waals surface area contributed by atoms with Gasteiger partial charge < -0.3 is 20.0 Å². The fourth-order valence-corrected chi connectivity index (χ4v) is 3.42. The van der Waals surface area contributed by atoms with Crippen molar-refractivity contribution >= 4 is 11.8 Å². The average molecular weight is 356 g/mol. The minimum Gasteiger partial charge on any atom is -0.450 e. The van der Waals surface area contributed by atoms with Gasteiger partial charge in [-0.1, -0.05) is 30.3 Å². The number of quaternary nitrogens is 1. The van der Waals surface area contributed by atoms with Crippen molar-refractivity contribution in [2.24, 2.45) is 11.7 Å². The molecule has 0 bridgehead atoms. The molecule has 1 aromatic carbocycles. The molecule has 1 atom stereocenters. The number of primary amides is 1. The number of furan rings is 1. The van der Waals surface area contributed by atoms with E-state index in [1.54, 1.807) is 11.0 Å². The van der Waals surface area contributed by atoms with Gasteiger partial charge in [0.15, 0.2) is 11.5 Å². The molecule has 0 spiro atoms. The zero-order chi connectivity index (χ0) is 18.5. The van der Waals surface area contributed by atoms with Crippen LogP contribution in [0.25, 0.3) is 0 Å². The number of piperidine rings is 1. The quantitative estimate of drug-likeness (QED) is 0.805. The van der Waals surface area contributed by atoms with Crippen molar-refractivity contribution < 1.29 is 18.9 Å². The summed E-state index contributed by atoms with van der Waals surface area (Å²) in [6.45, 7) is 2.70. The van der Waals surface area contributed by atoms with Crippen LogP contribution in [0.1, 0.15) is 34.7 Å². The zero-order valence-corrected chi connectivity index (χ0v) is 15.1. The maximum atomic E-state index is 12.6. The first kappa shape index (κ1) is 18.2. The van der Waals surface area contributed by atoms with Crippen molar-refractivity contribution in [3.63, 3.8) is 0 Å². The molecule has 6 heteroatoms. The maximum Gasteiger partial charge on any atom is 0.289 e. The topological polar surface area (TPSA) is 81.0 Å². The van der Waals surface area contributed by atoms with Crippen LogP contribution in [0.5, 0.6) is 0 Å². The van der Waals surface area contributed by atoms with Gasteiger partial charge in [-0.3, -0.25) is 9.59 Å². The molecular formula is C20H26N3O3+. The Kier molecular flexibility index (Phi) is 5.73. The van der Waals surface area contributed by atoms with Gasteiger partial charge in [0.1, 0.15) is 13.1 Å². The highest BCUT2D eigenvalue weighted by molar-refractivity contribution is 5.91. The van der Waals surface area contributed by atoms with Gasteiger partial charge >= 0.3 is 0 Å². The number of carbonyl (C=O) groups is 2. The molecular weight excluding hydrogens is 330 g/mol. The van der Waals surface area contributed by atoms with E-state index in [0.29, 0.717) is 38.2 Å². The molecule has 2 heterocycles. The normalized spacial score (nSPS) is 16.4. The third kappa shape index (κ3) is 4.52. The highest BCUT2D eigenvalue weighted by Gasteiger charge is 2.28. The van der Waals surface area contributed by atoms with E-state index in [0.717, 1.165) is 12.3 Å². The highest BCUT2D eigenvalue weighted by Crippen LogP contribution is 2.19. The summed E-state index contributed by atoms with van der Waals surface area (Å²) in [5.74, 6) is 0.655. The van der Waals surface area contributed by atoms with Gasteiger partial charge in [0.2, 0.25) is 5.91 Å². The number of nitrogens with two attached hydrogens (primary N) is 1. The molecule has 1 saturated heterocycles. The third-order valence-electron chi connectivity index (χ3n) is 4.88. The Morgan fingerprint density at radius 3 is 2.46 bits per heavy atom. The predicted octanol–water partition coefficient (Wildman–Crippen LogP) is 0.832. The van der Waals surface area contributed by atoms with Gasteiger partial charge in [0.05, 0.1) is 7.05 Å². The van der Waals surface area contributed by atoms with Crippen LogP contribution in [0.15, 0.2) is 46.9 Å². The van der Waals surface area contributed by atoms with Crippen LogP contribution in [-0.4, -0.2) is 36.9 Å². The van der Waals surface area contributed by atoms with Crippen LogP contribution in [0.4, 0.5) is 0 Å². The second-order valence-corrected chi connectivity index (χ2v) is 7.03. The van der Waals surface area contributed by atoms with Gasteiger partial charge in [-0.05, 0) is 25.0 Å². The van der Waals surface area contributed by atoms with E-state index in [2.05, 4.69) is 19.2 Å². The summed E-state index contributed by atoms with van der Waals surface area (Å²) < 4.78 is 5.78. The number of benzene rings is 1. The minimum absolute atomic E-state index is 0.111. The van der Waals surface area contributed by atoms with Crippen molar-refractivity contribution in [3.05, 3.63) is 59.5 Å². The Bertz CT molecular complexity index is 749. The summed E-state index contributed by atoms with van der Waals surface area (Å²) >= 11 is 0. The molecule has 138 valence electrons. The van der Waals surface area contributed by atoms with Gasteiger partial charge in [0, 0.05) is 24.6 Å². The predicted molar refractivity (Wildman–Crippen MR) is 97.3 cm³/mol. The summed E-state index contributed by atoms with van der Waals surface area (Å²) in [4.78, 5) is 26.8. The van der Waals surface area contributed by atoms with Crippen LogP contribution >= 0.6 is 0 Å². The van der Waals surface area contributed by atoms with Crippen molar-refractivity contribution in [3.8, 4) is 0 Å². The van der Waals surface area contributed by atoms with E-state index in [9.17, 15) is 9.59 Å². The largest absolute Gasteiger partial charge is 0.450 e. The number of amides is 2. The van der Waals surface area contributed by atoms with Crippen molar-refractivity contribution in [2.75, 3.05) is 20.1 Å². The average Bonchev–Trinajstić information content (AvgIpc) is 3.10. The Balaban J connectivity index is 1.54. The Morgan fingerprint density at radius 2 is 1.81 bits per heavy atom. The fraction of sp³-hybridized carbons (Fsp3) is 0.400. The molecule has 1 fully saturated rings. The van der Waals surface area contributed by atoms with Crippen molar-refractivity contribution in [2.45, 2.75) is 25.9 Å². The van der Waals surface area contributed by atoms with Crippen LogP contribution in [0, 0.1) is 5.92 Å². The molecule has 1 unspecified atom stereocenters. The summed E-state index contributed by atoms with van der Waals surface area (Å²) in [5.41, 5.74) is 6.61. The molecule has 0 aliphatic carbocycles. The summed E-state index contributed by atoms with van der Waals surface area (Å²) in [5, 5.41) is 0. The number of rotatable bonds is 6. The van der Waals surface area contributed by atoms with E-state index in [1.807, 2.05) is 24.3 Å². The van der Waals surface area contributed by atoms with E-state index in [-0.39, 0.29) is 17.7 Å². The SMILES string of the molecule is C[NH+](Cc1ccccc1)Cc1ccc(C(=O)N2CCC(C(N)=O)CC2)o1. The van der Waals surface area contributed by atoms with Crippen LogP contribution in [0.3, 0.4) is 0 Å². The van der Waals surface area contributed by atoms with Crippen LogP contribution < -0.4 is 10.6 Å². The molecule has 2 aromatic rings. The zero-order valence-electron chi connectivity index (χ0n) is 15.1. The molecule has 1 aliphatic heterocycles. The van der Waals surface area contributed by atoms with Crippen molar-refractivity contribution in [1.29, 1.82) is 0 Å². The van der Waals surface area contributed by atoms with Gasteiger partial charge in [-0.25, -0.2) is 0 Å². The molecule has 26 heavy (non-hydrogen) atoms. The van der Waals surface area contributed by atoms with Gasteiger partial charge in [-0.15, -0.1) is 0 Å². The Hall–Kier alpha value is -2.60. The lowest BCUT2D eigenvalue weighted by molar-refractivity contribution is -0.908. The van der Waals surface area contributed by atoms with Crippen LogP contribution in [-0.2, 0) is 17.9 Å². The minimum atomic E-state index is -0.276. The second-order valence-electron chi connectivity index (χ2n) is 7.03. The van der Waals surface area contributed by atoms with Crippen molar-refractivity contribution in [1.82, 2.24) is 4.90 Å². The molecule has 0 saturated carbocycles.